The number of aliphatic imine (C=N–C) groups is 1. The molecule has 1 aromatic rings. The van der Waals surface area contributed by atoms with E-state index in [1.807, 2.05) is 12.1 Å². The lowest BCUT2D eigenvalue weighted by atomic mass is 9.90. The Morgan fingerprint density at radius 1 is 1.44 bits per heavy atom. The third-order valence-corrected chi connectivity index (χ3v) is 3.03. The quantitative estimate of drug-likeness (QED) is 0.765. The van der Waals surface area contributed by atoms with E-state index in [0.29, 0.717) is 12.5 Å². The molecule has 0 saturated carbocycles. The lowest BCUT2D eigenvalue weighted by Gasteiger charge is -2.17. The highest BCUT2D eigenvalue weighted by Crippen LogP contribution is 2.26. The van der Waals surface area contributed by atoms with Gasteiger partial charge >= 0.3 is 0 Å². The predicted octanol–water partition coefficient (Wildman–Crippen LogP) is 3.14. The zero-order chi connectivity index (χ0) is 11.4. The van der Waals surface area contributed by atoms with Crippen LogP contribution in [0.15, 0.2) is 29.3 Å². The Labute approximate surface area is 95.2 Å². The van der Waals surface area contributed by atoms with Crippen LogP contribution < -0.4 is 0 Å². The minimum absolute atomic E-state index is 0.180. The van der Waals surface area contributed by atoms with Gasteiger partial charge in [-0.3, -0.25) is 4.99 Å². The van der Waals surface area contributed by atoms with E-state index < -0.39 is 0 Å². The Kier molecular flexibility index (Phi) is 3.54. The summed E-state index contributed by atoms with van der Waals surface area (Å²) in [6.45, 7) is 2.82. The van der Waals surface area contributed by atoms with Crippen molar-refractivity contribution in [2.45, 2.75) is 31.7 Å². The lowest BCUT2D eigenvalue weighted by Crippen LogP contribution is -2.12. The molecule has 1 heterocycles. The van der Waals surface area contributed by atoms with Gasteiger partial charge in [-0.15, -0.1) is 0 Å². The number of benzene rings is 1. The summed E-state index contributed by atoms with van der Waals surface area (Å²) >= 11 is 0. The summed E-state index contributed by atoms with van der Waals surface area (Å²) in [5, 5.41) is 0. The van der Waals surface area contributed by atoms with Gasteiger partial charge in [0.15, 0.2) is 6.40 Å². The molecular weight excluding hydrogens is 205 g/mol. The van der Waals surface area contributed by atoms with E-state index in [9.17, 15) is 4.39 Å². The molecule has 2 unspecified atom stereocenters. The highest BCUT2D eigenvalue weighted by atomic mass is 19.1. The van der Waals surface area contributed by atoms with Crippen LogP contribution >= 0.6 is 0 Å². The highest BCUT2D eigenvalue weighted by molar-refractivity contribution is 5.49. The molecule has 0 saturated heterocycles. The first kappa shape index (κ1) is 11.1. The van der Waals surface area contributed by atoms with E-state index in [4.69, 9.17) is 4.74 Å². The third kappa shape index (κ3) is 2.60. The first-order valence-electron chi connectivity index (χ1n) is 5.68. The number of ether oxygens (including phenoxy) is 1. The molecule has 0 radical (unpaired) electrons. The van der Waals surface area contributed by atoms with Crippen molar-refractivity contribution in [3.8, 4) is 0 Å². The molecule has 86 valence electrons. The average Bonchev–Trinajstić information content (AvgIpc) is 2.80. The van der Waals surface area contributed by atoms with Gasteiger partial charge in [0.1, 0.15) is 12.4 Å². The van der Waals surface area contributed by atoms with Crippen LogP contribution in [0.5, 0.6) is 0 Å². The summed E-state index contributed by atoms with van der Waals surface area (Å²) in [7, 11) is 0. The molecule has 1 aromatic carbocycles. The smallest absolute Gasteiger partial charge is 0.169 e. The Morgan fingerprint density at radius 2 is 2.19 bits per heavy atom. The summed E-state index contributed by atoms with van der Waals surface area (Å²) in [5.41, 5.74) is 1.19. The second-order valence-corrected chi connectivity index (χ2v) is 4.13. The van der Waals surface area contributed by atoms with E-state index >= 15 is 0 Å². The number of halogens is 1. The molecule has 0 bridgehead atoms. The average molecular weight is 221 g/mol. The van der Waals surface area contributed by atoms with Crippen molar-refractivity contribution >= 4 is 6.40 Å². The summed E-state index contributed by atoms with van der Waals surface area (Å²) < 4.78 is 17.9. The van der Waals surface area contributed by atoms with E-state index in [1.54, 1.807) is 0 Å². The van der Waals surface area contributed by atoms with Gasteiger partial charge in [-0.05, 0) is 36.5 Å². The van der Waals surface area contributed by atoms with Gasteiger partial charge in [0.05, 0.1) is 6.04 Å². The SMILES string of the molecule is CCC(CC1COC=N1)c1ccc(F)cc1. The Hall–Kier alpha value is -1.38. The number of hydrogen-bond acceptors (Lipinski definition) is 2. The van der Waals surface area contributed by atoms with E-state index in [2.05, 4.69) is 11.9 Å². The van der Waals surface area contributed by atoms with Gasteiger partial charge < -0.3 is 4.74 Å². The van der Waals surface area contributed by atoms with Crippen LogP contribution in [-0.4, -0.2) is 19.0 Å². The first-order chi connectivity index (χ1) is 7.79. The molecule has 0 fully saturated rings. The molecule has 1 aliphatic heterocycles. The van der Waals surface area contributed by atoms with Crippen LogP contribution in [0.3, 0.4) is 0 Å². The maximum Gasteiger partial charge on any atom is 0.169 e. The molecule has 0 aliphatic carbocycles. The molecule has 3 heteroatoms. The molecule has 0 N–H and O–H groups in total. The van der Waals surface area contributed by atoms with Crippen molar-refractivity contribution in [2.24, 2.45) is 4.99 Å². The van der Waals surface area contributed by atoms with Crippen molar-refractivity contribution in [3.05, 3.63) is 35.6 Å². The van der Waals surface area contributed by atoms with Crippen molar-refractivity contribution in [1.82, 2.24) is 0 Å². The minimum Gasteiger partial charge on any atom is -0.481 e. The van der Waals surface area contributed by atoms with Gasteiger partial charge in [0.2, 0.25) is 0 Å². The molecular formula is C13H16FNO. The van der Waals surface area contributed by atoms with Gasteiger partial charge in [-0.2, -0.15) is 0 Å². The monoisotopic (exact) mass is 221 g/mol. The lowest BCUT2D eigenvalue weighted by molar-refractivity contribution is 0.314. The molecule has 2 atom stereocenters. The molecule has 0 aromatic heterocycles. The number of nitrogens with zero attached hydrogens (tertiary/aromatic N) is 1. The van der Waals surface area contributed by atoms with Crippen LogP contribution in [0.4, 0.5) is 4.39 Å². The fourth-order valence-corrected chi connectivity index (χ4v) is 2.06. The predicted molar refractivity (Wildman–Crippen MR) is 62.3 cm³/mol. The molecule has 0 amide bonds. The van der Waals surface area contributed by atoms with Crippen molar-refractivity contribution in [1.29, 1.82) is 0 Å². The summed E-state index contributed by atoms with van der Waals surface area (Å²) in [5.74, 6) is 0.255. The standard InChI is InChI=1S/C13H16FNO/c1-2-10(7-13-8-16-9-15-13)11-3-5-12(14)6-4-11/h3-6,9-10,13H,2,7-8H2,1H3. The van der Waals surface area contributed by atoms with E-state index in [0.717, 1.165) is 12.8 Å². The number of rotatable bonds is 4. The third-order valence-electron chi connectivity index (χ3n) is 3.03. The van der Waals surface area contributed by atoms with Crippen LogP contribution in [0.2, 0.25) is 0 Å². The molecule has 2 nitrogen and oxygen atoms in total. The maximum absolute atomic E-state index is 12.8. The molecule has 16 heavy (non-hydrogen) atoms. The van der Waals surface area contributed by atoms with Crippen LogP contribution in [-0.2, 0) is 4.74 Å². The fourth-order valence-electron chi connectivity index (χ4n) is 2.06. The van der Waals surface area contributed by atoms with Crippen LogP contribution in [0, 0.1) is 5.82 Å². The zero-order valence-corrected chi connectivity index (χ0v) is 9.40. The van der Waals surface area contributed by atoms with Crippen molar-refractivity contribution in [2.75, 3.05) is 6.61 Å². The Morgan fingerprint density at radius 3 is 2.75 bits per heavy atom. The molecule has 0 spiro atoms. The second kappa shape index (κ2) is 5.10. The summed E-state index contributed by atoms with van der Waals surface area (Å²) in [4.78, 5) is 4.25. The van der Waals surface area contributed by atoms with Gasteiger partial charge in [0, 0.05) is 0 Å². The summed E-state index contributed by atoms with van der Waals surface area (Å²) in [6, 6.07) is 7.03. The Bertz CT molecular complexity index is 361. The number of hydrogen-bond donors (Lipinski definition) is 0. The van der Waals surface area contributed by atoms with E-state index in [-0.39, 0.29) is 11.9 Å². The highest BCUT2D eigenvalue weighted by Gasteiger charge is 2.18. The van der Waals surface area contributed by atoms with Gasteiger partial charge in [-0.25, -0.2) is 4.39 Å². The van der Waals surface area contributed by atoms with Crippen LogP contribution in [0.25, 0.3) is 0 Å². The topological polar surface area (TPSA) is 21.6 Å². The molecule has 2 rings (SSSR count). The second-order valence-electron chi connectivity index (χ2n) is 4.13. The fraction of sp³-hybridized carbons (Fsp3) is 0.462. The largest absolute Gasteiger partial charge is 0.481 e. The van der Waals surface area contributed by atoms with Crippen molar-refractivity contribution in [3.63, 3.8) is 0 Å². The molecule has 1 aliphatic rings. The van der Waals surface area contributed by atoms with Gasteiger partial charge in [-0.1, -0.05) is 19.1 Å². The van der Waals surface area contributed by atoms with Crippen molar-refractivity contribution < 1.29 is 9.13 Å². The van der Waals surface area contributed by atoms with Crippen LogP contribution in [0.1, 0.15) is 31.2 Å². The van der Waals surface area contributed by atoms with E-state index in [1.165, 1.54) is 24.1 Å². The minimum atomic E-state index is -0.180. The zero-order valence-electron chi connectivity index (χ0n) is 9.40. The Balaban J connectivity index is 2.03. The summed E-state index contributed by atoms with van der Waals surface area (Å²) in [6.07, 6.45) is 3.54. The maximum atomic E-state index is 12.8. The first-order valence-corrected chi connectivity index (χ1v) is 5.68. The normalized spacial score (nSPS) is 20.8. The van der Waals surface area contributed by atoms with Gasteiger partial charge in [0.25, 0.3) is 0 Å².